The third-order valence-electron chi connectivity index (χ3n) is 8.01. The Bertz CT molecular complexity index is 1330. The molecule has 41 heavy (non-hydrogen) atoms. The van der Waals surface area contributed by atoms with Gasteiger partial charge in [0.2, 0.25) is 11.7 Å². The summed E-state index contributed by atoms with van der Waals surface area (Å²) in [6.07, 6.45) is 7.00. The van der Waals surface area contributed by atoms with E-state index < -0.39 is 0 Å². The molecule has 1 amide bonds. The van der Waals surface area contributed by atoms with Gasteiger partial charge in [-0.3, -0.25) is 14.8 Å². The third-order valence-corrected chi connectivity index (χ3v) is 8.88. The molecular weight excluding hydrogens is 536 g/mol. The van der Waals surface area contributed by atoms with Crippen LogP contribution < -0.4 is 20.3 Å². The summed E-state index contributed by atoms with van der Waals surface area (Å²) in [5.41, 5.74) is 1.78. The van der Waals surface area contributed by atoms with Crippen molar-refractivity contribution < 1.29 is 9.53 Å². The first-order valence-corrected chi connectivity index (χ1v) is 15.8. The quantitative estimate of drug-likeness (QED) is 0.256. The lowest BCUT2D eigenvalue weighted by Gasteiger charge is -2.36. The number of anilines is 4. The monoisotopic (exact) mass is 576 g/mol. The maximum absolute atomic E-state index is 12.6. The minimum absolute atomic E-state index is 0.129. The molecule has 3 aliphatic rings. The number of aromatic nitrogens is 4. The molecule has 0 spiro atoms. The van der Waals surface area contributed by atoms with Crippen molar-refractivity contribution in [2.24, 2.45) is 11.8 Å². The molecule has 11 heteroatoms. The molecule has 3 fully saturated rings. The number of rotatable bonds is 11. The zero-order valence-electron chi connectivity index (χ0n) is 24.0. The largest absolute Gasteiger partial charge is 0.487 e. The van der Waals surface area contributed by atoms with Crippen LogP contribution in [0, 0.1) is 18.8 Å². The third kappa shape index (κ3) is 7.13. The fraction of sp³-hybridized carbons (Fsp3) is 0.533. The highest BCUT2D eigenvalue weighted by Crippen LogP contribution is 2.39. The maximum Gasteiger partial charge on any atom is 0.227 e. The van der Waals surface area contributed by atoms with Crippen molar-refractivity contribution in [1.29, 1.82) is 0 Å². The summed E-state index contributed by atoms with van der Waals surface area (Å²) in [5.74, 6) is 3.90. The predicted octanol–water partition coefficient (Wildman–Crippen LogP) is 5.46. The number of carbonyl (C=O) groups excluding carboxylic acids is 1. The lowest BCUT2D eigenvalue weighted by atomic mass is 10.1. The van der Waals surface area contributed by atoms with E-state index in [9.17, 15) is 4.79 Å². The summed E-state index contributed by atoms with van der Waals surface area (Å²) in [6, 6.07) is 9.87. The minimum Gasteiger partial charge on any atom is -0.487 e. The van der Waals surface area contributed by atoms with Crippen molar-refractivity contribution in [2.45, 2.75) is 62.4 Å². The molecule has 1 saturated heterocycles. The number of piperazine rings is 1. The maximum atomic E-state index is 12.6. The molecular formula is C30H40N8O2S. The highest BCUT2D eigenvalue weighted by molar-refractivity contribution is 7.99. The smallest absolute Gasteiger partial charge is 0.227 e. The van der Waals surface area contributed by atoms with Crippen LogP contribution in [-0.4, -0.2) is 70.3 Å². The van der Waals surface area contributed by atoms with Gasteiger partial charge in [-0.2, -0.15) is 5.10 Å². The Morgan fingerprint density at radius 3 is 2.49 bits per heavy atom. The number of ether oxygens (including phenoxy) is 1. The molecule has 1 aromatic carbocycles. The van der Waals surface area contributed by atoms with Crippen molar-refractivity contribution in [3.8, 4) is 5.75 Å². The number of H-pyrrole nitrogens is 1. The highest BCUT2D eigenvalue weighted by Gasteiger charge is 2.29. The second-order valence-corrected chi connectivity index (χ2v) is 12.4. The number of amides is 1. The average Bonchev–Trinajstić information content (AvgIpc) is 3.42. The molecule has 218 valence electrons. The first-order chi connectivity index (χ1) is 20.0. The topological polar surface area (TPSA) is 111 Å². The molecule has 6 rings (SSSR count). The van der Waals surface area contributed by atoms with Crippen molar-refractivity contribution in [2.75, 3.05) is 54.9 Å². The minimum atomic E-state index is 0.129. The first-order valence-electron chi connectivity index (χ1n) is 14.9. The van der Waals surface area contributed by atoms with Crippen molar-refractivity contribution in [3.63, 3.8) is 0 Å². The zero-order valence-corrected chi connectivity index (χ0v) is 24.8. The zero-order chi connectivity index (χ0) is 28.2. The van der Waals surface area contributed by atoms with Crippen molar-refractivity contribution in [1.82, 2.24) is 25.1 Å². The van der Waals surface area contributed by atoms with Crippen LogP contribution in [-0.2, 0) is 4.79 Å². The fourth-order valence-electron chi connectivity index (χ4n) is 5.60. The van der Waals surface area contributed by atoms with E-state index in [4.69, 9.17) is 14.7 Å². The standard InChI is InChI=1S/C30H40N8O2S/c1-3-40-26-27(32-25-18-20(2)35-36-25)33-30(34-28(26)38-16-14-37(15-17-38)19-21-8-9-21)41-24-12-10-23(11-13-24)31-29(39)22-6-4-5-7-22/h10-13,18,21-22H,3-9,14-17,19H2,1-2H3,(H,31,39)(H2,32,33,34,35,36). The Labute approximate surface area is 246 Å². The number of benzene rings is 1. The summed E-state index contributed by atoms with van der Waals surface area (Å²) in [5, 5.41) is 14.4. The molecule has 0 bridgehead atoms. The number of hydrogen-bond acceptors (Lipinski definition) is 9. The summed E-state index contributed by atoms with van der Waals surface area (Å²) < 4.78 is 6.17. The van der Waals surface area contributed by atoms with E-state index in [1.165, 1.54) is 31.1 Å². The van der Waals surface area contributed by atoms with E-state index >= 15 is 0 Å². The van der Waals surface area contributed by atoms with Crippen molar-refractivity contribution >= 4 is 40.8 Å². The van der Waals surface area contributed by atoms with E-state index in [-0.39, 0.29) is 11.8 Å². The number of carbonyl (C=O) groups is 1. The van der Waals surface area contributed by atoms with Gasteiger partial charge in [-0.1, -0.05) is 12.8 Å². The number of aromatic amines is 1. The van der Waals surface area contributed by atoms with Gasteiger partial charge in [0.15, 0.2) is 22.6 Å². The van der Waals surface area contributed by atoms with Gasteiger partial charge in [0.1, 0.15) is 0 Å². The molecule has 10 nitrogen and oxygen atoms in total. The normalized spacial score (nSPS) is 18.0. The van der Waals surface area contributed by atoms with Crippen LogP contribution in [0.3, 0.4) is 0 Å². The Balaban J connectivity index is 1.23. The van der Waals surface area contributed by atoms with Crippen LogP contribution in [0.4, 0.5) is 23.1 Å². The van der Waals surface area contributed by atoms with Crippen LogP contribution in [0.2, 0.25) is 0 Å². The summed E-state index contributed by atoms with van der Waals surface area (Å²) in [7, 11) is 0. The van der Waals surface area contributed by atoms with E-state index in [2.05, 4.69) is 30.6 Å². The van der Waals surface area contributed by atoms with E-state index in [0.717, 1.165) is 79.9 Å². The van der Waals surface area contributed by atoms with Gasteiger partial charge in [-0.25, -0.2) is 9.97 Å². The molecule has 0 atom stereocenters. The molecule has 3 aromatic rings. The van der Waals surface area contributed by atoms with Gasteiger partial charge in [0, 0.05) is 61.0 Å². The number of hydrogen-bond donors (Lipinski definition) is 3. The molecule has 2 saturated carbocycles. The highest BCUT2D eigenvalue weighted by atomic mass is 32.2. The van der Waals surface area contributed by atoms with Crippen LogP contribution >= 0.6 is 11.8 Å². The molecule has 0 unspecified atom stereocenters. The van der Waals surface area contributed by atoms with Gasteiger partial charge >= 0.3 is 0 Å². The second-order valence-electron chi connectivity index (χ2n) is 11.3. The Hall–Kier alpha value is -3.31. The van der Waals surface area contributed by atoms with E-state index in [0.29, 0.717) is 29.1 Å². The summed E-state index contributed by atoms with van der Waals surface area (Å²) >= 11 is 1.50. The number of nitrogens with one attached hydrogen (secondary N) is 3. The predicted molar refractivity (Wildman–Crippen MR) is 162 cm³/mol. The van der Waals surface area contributed by atoms with Gasteiger partial charge in [-0.15, -0.1) is 0 Å². The fourth-order valence-corrected chi connectivity index (χ4v) is 6.35. The van der Waals surface area contributed by atoms with Crippen LogP contribution in [0.5, 0.6) is 5.75 Å². The first kappa shape index (κ1) is 27.8. The van der Waals surface area contributed by atoms with Crippen LogP contribution in [0.1, 0.15) is 51.1 Å². The molecule has 0 radical (unpaired) electrons. The van der Waals surface area contributed by atoms with Gasteiger partial charge < -0.3 is 20.3 Å². The average molecular weight is 577 g/mol. The lowest BCUT2D eigenvalue weighted by molar-refractivity contribution is -0.119. The lowest BCUT2D eigenvalue weighted by Crippen LogP contribution is -2.47. The molecule has 3 N–H and O–H groups in total. The second kappa shape index (κ2) is 12.7. The van der Waals surface area contributed by atoms with Crippen molar-refractivity contribution in [3.05, 3.63) is 36.0 Å². The van der Waals surface area contributed by atoms with Crippen LogP contribution in [0.15, 0.2) is 40.4 Å². The Morgan fingerprint density at radius 1 is 1.07 bits per heavy atom. The van der Waals surface area contributed by atoms with Gasteiger partial charge in [0.05, 0.1) is 6.61 Å². The van der Waals surface area contributed by atoms with E-state index in [1.54, 1.807) is 0 Å². The number of nitrogens with zero attached hydrogens (tertiary/aromatic N) is 5. The molecule has 2 aliphatic carbocycles. The summed E-state index contributed by atoms with van der Waals surface area (Å²) in [6.45, 7) is 9.49. The number of aryl methyl sites for hydroxylation is 1. The molecule has 3 heterocycles. The Kier molecular flexibility index (Phi) is 8.62. The van der Waals surface area contributed by atoms with Crippen LogP contribution in [0.25, 0.3) is 0 Å². The molecule has 2 aromatic heterocycles. The SMILES string of the molecule is CCOc1c(Nc2cc(C)[nH]n2)nc(Sc2ccc(NC(=O)C3CCCC3)cc2)nc1N1CCN(CC2CC2)CC1. The van der Waals surface area contributed by atoms with Gasteiger partial charge in [-0.05, 0) is 81.5 Å². The van der Waals surface area contributed by atoms with E-state index in [1.807, 2.05) is 44.2 Å². The van der Waals surface area contributed by atoms with Gasteiger partial charge in [0.25, 0.3) is 0 Å². The molecule has 1 aliphatic heterocycles. The Morgan fingerprint density at radius 2 is 1.83 bits per heavy atom. The summed E-state index contributed by atoms with van der Waals surface area (Å²) in [4.78, 5) is 28.4.